The molecule has 0 bridgehead atoms. The molecule has 0 N–H and O–H groups in total. The average Bonchev–Trinajstić information content (AvgIpc) is 2.39. The molecule has 0 saturated carbocycles. The van der Waals surface area contributed by atoms with Crippen molar-refractivity contribution in [2.45, 2.75) is 0 Å². The average molecular weight is 783 g/mol. The summed E-state index contributed by atoms with van der Waals surface area (Å²) in [5, 5.41) is 0. The molecule has 0 aliphatic rings. The van der Waals surface area contributed by atoms with Gasteiger partial charge in [-0.05, 0) is 24.3 Å². The quantitative estimate of drug-likeness (QED) is 0.213. The molecule has 0 amide bonds. The Bertz CT molecular complexity index is 767. The predicted octanol–water partition coefficient (Wildman–Crippen LogP) is 12.3. The number of aromatic nitrogens is 2. The molecule has 34 heavy (non-hydrogen) atoms. The van der Waals surface area contributed by atoms with Crippen molar-refractivity contribution >= 4 is 23.4 Å². The number of hydrogen-bond acceptors (Lipinski definition) is 2. The molecule has 208 valence electrons. The first kappa shape index (κ1) is 37.5. The van der Waals surface area contributed by atoms with Crippen molar-refractivity contribution in [1.29, 1.82) is 0 Å². The van der Waals surface area contributed by atoms with E-state index in [1.807, 2.05) is 36.4 Å². The number of pyridine rings is 2. The minimum absolute atomic E-state index is 0. The summed E-state index contributed by atoms with van der Waals surface area (Å²) in [6.07, 6.45) is 3.54. The van der Waals surface area contributed by atoms with Crippen molar-refractivity contribution in [2.75, 3.05) is 0 Å². The van der Waals surface area contributed by atoms with Crippen molar-refractivity contribution in [2.24, 2.45) is 0 Å². The van der Waals surface area contributed by atoms with Gasteiger partial charge >= 0.3 is 119 Å². The summed E-state index contributed by atoms with van der Waals surface area (Å²) in [4.78, 5) is 8.37. The maximum Gasteiger partial charge on any atom is 3.00 e. The minimum Gasteiger partial charge on any atom is -0.255 e. The smallest absolute Gasteiger partial charge is 0.255 e. The van der Waals surface area contributed by atoms with E-state index < -0.39 is 23.4 Å². The zero-order valence-corrected chi connectivity index (χ0v) is 20.1. The molecule has 0 fully saturated rings. The van der Waals surface area contributed by atoms with Gasteiger partial charge < -0.3 is 0 Å². The fourth-order valence-electron chi connectivity index (χ4n) is 1.03. The topological polar surface area (TPSA) is 25.8 Å². The molecule has 2 heterocycles. The van der Waals surface area contributed by atoms with Crippen LogP contribution in [-0.2, 0) is 20.1 Å². The molecule has 0 aliphatic carbocycles. The SMILES string of the molecule is F[P-](F)(F)(F)(F)F.F[P-](F)(F)(F)(F)F.F[P-](F)(F)(F)(F)F.[Ir+3].c1ccc(-c2ccccn2)nc1. The zero-order chi connectivity index (χ0) is 27.5. The standard InChI is InChI=1S/C10H8N2.3F6P.Ir/c1-3-7-11-9(5-1)10-6-2-4-8-12-10;3*1-7(2,3,4,5)6;/h1-8H;;;;/q;3*-1;+3. The van der Waals surface area contributed by atoms with Gasteiger partial charge in [0.25, 0.3) is 0 Å². The number of hydrogen-bond donors (Lipinski definition) is 0. The first-order valence-electron chi connectivity index (χ1n) is 6.83. The third-order valence-corrected chi connectivity index (χ3v) is 1.59. The second-order valence-electron chi connectivity index (χ2n) is 5.30. The molecule has 2 aromatic rings. The van der Waals surface area contributed by atoms with Crippen molar-refractivity contribution in [3.63, 3.8) is 0 Å². The van der Waals surface area contributed by atoms with Crippen LogP contribution in [0.2, 0.25) is 0 Å². The molecule has 0 aromatic carbocycles. The van der Waals surface area contributed by atoms with Crippen molar-refractivity contribution in [3.05, 3.63) is 48.8 Å². The van der Waals surface area contributed by atoms with Gasteiger partial charge in [-0.25, -0.2) is 0 Å². The van der Waals surface area contributed by atoms with Gasteiger partial charge in [0.15, 0.2) is 0 Å². The van der Waals surface area contributed by atoms with E-state index in [1.54, 1.807) is 12.4 Å². The van der Waals surface area contributed by atoms with Gasteiger partial charge in [-0.15, -0.1) is 0 Å². The van der Waals surface area contributed by atoms with Gasteiger partial charge in [0, 0.05) is 12.4 Å². The Kier molecular flexibility index (Phi) is 9.42. The Morgan fingerprint density at radius 3 is 0.676 bits per heavy atom. The minimum atomic E-state index is -10.7. The van der Waals surface area contributed by atoms with Crippen molar-refractivity contribution < 1.29 is 95.6 Å². The van der Waals surface area contributed by atoms with E-state index in [-0.39, 0.29) is 20.1 Å². The summed E-state index contributed by atoms with van der Waals surface area (Å²) in [5.41, 5.74) is 1.83. The molecule has 0 radical (unpaired) electrons. The Balaban J connectivity index is -0.000000390. The van der Waals surface area contributed by atoms with Crippen LogP contribution in [0.4, 0.5) is 75.5 Å². The van der Waals surface area contributed by atoms with Crippen LogP contribution in [-0.4, -0.2) is 9.97 Å². The van der Waals surface area contributed by atoms with E-state index >= 15 is 0 Å². The Labute approximate surface area is 189 Å². The summed E-state index contributed by atoms with van der Waals surface area (Å²) in [5.74, 6) is 0. The first-order valence-corrected chi connectivity index (χ1v) is 12.9. The first-order chi connectivity index (χ1) is 13.3. The van der Waals surface area contributed by atoms with Crippen LogP contribution in [0.3, 0.4) is 0 Å². The normalized spacial score (nSPS) is 17.7. The molecule has 0 unspecified atom stereocenters. The molecular formula is C10H8F18IrN2P3. The number of halogens is 18. The van der Waals surface area contributed by atoms with Gasteiger partial charge in [0.1, 0.15) is 0 Å². The summed E-state index contributed by atoms with van der Waals surface area (Å²) in [6, 6.07) is 11.6. The maximum absolute atomic E-state index is 10.7. The van der Waals surface area contributed by atoms with E-state index in [9.17, 15) is 75.5 Å². The summed E-state index contributed by atoms with van der Waals surface area (Å²) in [7, 11) is -32.0. The Hall–Kier alpha value is -1.02. The van der Waals surface area contributed by atoms with Gasteiger partial charge in [0.2, 0.25) is 0 Å². The predicted molar refractivity (Wildman–Crippen MR) is 88.2 cm³/mol. The number of nitrogens with zero attached hydrogens (tertiary/aromatic N) is 2. The van der Waals surface area contributed by atoms with Gasteiger partial charge in [-0.3, -0.25) is 9.97 Å². The van der Waals surface area contributed by atoms with E-state index in [1.165, 1.54) is 0 Å². The Morgan fingerprint density at radius 1 is 0.382 bits per heavy atom. The molecular weight excluding hydrogens is 775 g/mol. The molecule has 0 spiro atoms. The molecule has 2 aromatic heterocycles. The van der Waals surface area contributed by atoms with Crippen LogP contribution in [0, 0.1) is 0 Å². The monoisotopic (exact) mass is 784 g/mol. The summed E-state index contributed by atoms with van der Waals surface area (Å²) in [6.45, 7) is 0. The van der Waals surface area contributed by atoms with Crippen LogP contribution in [0.15, 0.2) is 48.8 Å². The third kappa shape index (κ3) is 77.3. The van der Waals surface area contributed by atoms with Crippen LogP contribution < -0.4 is 0 Å². The maximum atomic E-state index is 9.87. The van der Waals surface area contributed by atoms with Crippen molar-refractivity contribution in [3.8, 4) is 11.4 Å². The molecule has 0 aliphatic heterocycles. The van der Waals surface area contributed by atoms with Gasteiger partial charge in [-0.1, -0.05) is 12.1 Å². The zero-order valence-electron chi connectivity index (χ0n) is 15.0. The summed E-state index contributed by atoms with van der Waals surface area (Å²) < 4.78 is 178. The van der Waals surface area contributed by atoms with Gasteiger partial charge in [-0.2, -0.15) is 0 Å². The molecule has 0 atom stereocenters. The van der Waals surface area contributed by atoms with E-state index in [2.05, 4.69) is 9.97 Å². The van der Waals surface area contributed by atoms with Gasteiger partial charge in [0.05, 0.1) is 11.4 Å². The van der Waals surface area contributed by atoms with Crippen LogP contribution in [0.1, 0.15) is 0 Å². The fraction of sp³-hybridized carbons (Fsp3) is 0. The van der Waals surface area contributed by atoms with Crippen LogP contribution >= 0.6 is 23.4 Å². The second-order valence-corrected chi connectivity index (χ2v) is 11.1. The van der Waals surface area contributed by atoms with Crippen LogP contribution in [0.25, 0.3) is 11.4 Å². The largest absolute Gasteiger partial charge is 3.00 e. The van der Waals surface area contributed by atoms with E-state index in [4.69, 9.17) is 0 Å². The molecule has 0 saturated heterocycles. The van der Waals surface area contributed by atoms with Crippen molar-refractivity contribution in [1.82, 2.24) is 9.97 Å². The molecule has 2 rings (SSSR count). The molecule has 2 nitrogen and oxygen atoms in total. The van der Waals surface area contributed by atoms with E-state index in [0.29, 0.717) is 0 Å². The Morgan fingerprint density at radius 2 is 0.559 bits per heavy atom. The molecule has 24 heteroatoms. The fourth-order valence-corrected chi connectivity index (χ4v) is 1.03. The van der Waals surface area contributed by atoms with E-state index in [0.717, 1.165) is 11.4 Å². The van der Waals surface area contributed by atoms with Crippen LogP contribution in [0.5, 0.6) is 0 Å². The summed E-state index contributed by atoms with van der Waals surface area (Å²) >= 11 is 0. The third-order valence-electron chi connectivity index (χ3n) is 1.59. The number of rotatable bonds is 1. The second kappa shape index (κ2) is 8.53.